The van der Waals surface area contributed by atoms with Crippen LogP contribution in [0.5, 0.6) is 0 Å². The lowest BCUT2D eigenvalue weighted by molar-refractivity contribution is 0.102. The lowest BCUT2D eigenvalue weighted by Crippen LogP contribution is -2.12. The number of nitrogens with one attached hydrogen (secondary N) is 1. The van der Waals surface area contributed by atoms with E-state index in [1.54, 1.807) is 0 Å². The van der Waals surface area contributed by atoms with E-state index in [0.717, 1.165) is 33.7 Å². The van der Waals surface area contributed by atoms with Crippen LogP contribution in [0.25, 0.3) is 22.4 Å². The summed E-state index contributed by atoms with van der Waals surface area (Å²) in [4.78, 5) is 17.2. The van der Waals surface area contributed by atoms with Crippen LogP contribution in [0.15, 0.2) is 97.6 Å². The van der Waals surface area contributed by atoms with Crippen LogP contribution in [0.1, 0.15) is 15.9 Å². The lowest BCUT2D eigenvalue weighted by Gasteiger charge is -2.11. The van der Waals surface area contributed by atoms with E-state index in [0.29, 0.717) is 5.56 Å². The van der Waals surface area contributed by atoms with Gasteiger partial charge in [0, 0.05) is 35.0 Å². The molecule has 0 spiro atoms. The number of rotatable bonds is 4. The number of anilines is 1. The van der Waals surface area contributed by atoms with E-state index in [1.165, 1.54) is 0 Å². The molecule has 0 aliphatic carbocycles. The minimum Gasteiger partial charge on any atom is -0.324 e. The maximum atomic E-state index is 12.8. The van der Waals surface area contributed by atoms with Crippen LogP contribution in [0.2, 0.25) is 0 Å². The largest absolute Gasteiger partial charge is 0.324 e. The van der Waals surface area contributed by atoms with Crippen LogP contribution in [0.3, 0.4) is 0 Å². The van der Waals surface area contributed by atoms with Crippen molar-refractivity contribution in [2.24, 2.45) is 0 Å². The second-order valence-corrected chi connectivity index (χ2v) is 7.20. The molecule has 5 rings (SSSR count). The molecule has 5 heteroatoms. The molecular formula is C25H20N4O. The number of carbonyl (C=O) groups is 1. The number of amides is 1. The molecule has 0 atom stereocenters. The number of fused-ring (bicyclic) bond motifs is 1. The van der Waals surface area contributed by atoms with E-state index < -0.39 is 0 Å². The average molecular weight is 392 g/mol. The standard InChI is InChI=1S/C25H20N4O/c1-18-8-9-19(16-24(18)28-14-4-5-15-28)25(30)27-20-10-12-21(13-11-20)29-17-26-22-6-2-3-7-23(22)29/h2-17H,1H3,(H,27,30). The summed E-state index contributed by atoms with van der Waals surface area (Å²) in [6, 6.07) is 25.4. The molecule has 146 valence electrons. The van der Waals surface area contributed by atoms with Crippen molar-refractivity contribution in [1.29, 1.82) is 0 Å². The fourth-order valence-corrected chi connectivity index (χ4v) is 3.60. The van der Waals surface area contributed by atoms with Gasteiger partial charge in [-0.25, -0.2) is 4.98 Å². The van der Waals surface area contributed by atoms with Gasteiger partial charge in [0.25, 0.3) is 5.91 Å². The Morgan fingerprint density at radius 2 is 1.67 bits per heavy atom. The first-order valence-electron chi connectivity index (χ1n) is 9.77. The predicted octanol–water partition coefficient (Wildman–Crippen LogP) is 5.38. The van der Waals surface area contributed by atoms with Gasteiger partial charge in [0.05, 0.1) is 11.0 Å². The number of carbonyl (C=O) groups excluding carboxylic acids is 1. The Morgan fingerprint density at radius 3 is 2.47 bits per heavy atom. The zero-order valence-corrected chi connectivity index (χ0v) is 16.5. The van der Waals surface area contributed by atoms with Gasteiger partial charge in [0.15, 0.2) is 0 Å². The van der Waals surface area contributed by atoms with Crippen LogP contribution in [0, 0.1) is 6.92 Å². The normalized spacial score (nSPS) is 11.0. The Hall–Kier alpha value is -4.12. The Bertz CT molecular complexity index is 1330. The van der Waals surface area contributed by atoms with Gasteiger partial charge in [0.2, 0.25) is 0 Å². The van der Waals surface area contributed by atoms with Crippen LogP contribution >= 0.6 is 0 Å². The quantitative estimate of drug-likeness (QED) is 0.447. The molecule has 0 saturated heterocycles. The molecule has 0 bridgehead atoms. The molecule has 1 amide bonds. The fraction of sp³-hybridized carbons (Fsp3) is 0.0400. The van der Waals surface area contributed by atoms with Gasteiger partial charge in [-0.3, -0.25) is 9.36 Å². The van der Waals surface area contributed by atoms with Gasteiger partial charge in [-0.15, -0.1) is 0 Å². The molecule has 0 radical (unpaired) electrons. The number of aromatic nitrogens is 3. The topological polar surface area (TPSA) is 51.9 Å². The molecule has 0 unspecified atom stereocenters. The summed E-state index contributed by atoms with van der Waals surface area (Å²) in [5, 5.41) is 2.99. The third-order valence-electron chi connectivity index (χ3n) is 5.21. The molecule has 0 fully saturated rings. The molecule has 0 saturated carbocycles. The van der Waals surface area contributed by atoms with Crippen molar-refractivity contribution in [3.8, 4) is 11.4 Å². The van der Waals surface area contributed by atoms with E-state index in [-0.39, 0.29) is 5.91 Å². The third kappa shape index (κ3) is 3.26. The molecule has 30 heavy (non-hydrogen) atoms. The zero-order valence-electron chi connectivity index (χ0n) is 16.5. The SMILES string of the molecule is Cc1ccc(C(=O)Nc2ccc(-n3cnc4ccccc43)cc2)cc1-n1cccc1. The van der Waals surface area contributed by atoms with Gasteiger partial charge in [0.1, 0.15) is 6.33 Å². The summed E-state index contributed by atoms with van der Waals surface area (Å²) in [6.07, 6.45) is 5.76. The Labute approximate surface area is 174 Å². The van der Waals surface area contributed by atoms with Gasteiger partial charge in [-0.2, -0.15) is 0 Å². The van der Waals surface area contributed by atoms with Crippen molar-refractivity contribution < 1.29 is 4.79 Å². The number of para-hydroxylation sites is 2. The number of hydrogen-bond acceptors (Lipinski definition) is 2. The summed E-state index contributed by atoms with van der Waals surface area (Å²) in [7, 11) is 0. The van der Waals surface area contributed by atoms with Crippen molar-refractivity contribution in [2.75, 3.05) is 5.32 Å². The number of imidazole rings is 1. The first-order valence-corrected chi connectivity index (χ1v) is 9.77. The second kappa shape index (κ2) is 7.37. The summed E-state index contributed by atoms with van der Waals surface area (Å²) >= 11 is 0. The van der Waals surface area contributed by atoms with E-state index in [4.69, 9.17) is 0 Å². The summed E-state index contributed by atoms with van der Waals surface area (Å²) in [6.45, 7) is 2.04. The summed E-state index contributed by atoms with van der Waals surface area (Å²) in [5.74, 6) is -0.135. The first kappa shape index (κ1) is 17.9. The number of hydrogen-bond donors (Lipinski definition) is 1. The molecule has 1 N–H and O–H groups in total. The van der Waals surface area contributed by atoms with Crippen molar-refractivity contribution in [3.63, 3.8) is 0 Å². The minimum atomic E-state index is -0.135. The highest BCUT2D eigenvalue weighted by atomic mass is 16.1. The van der Waals surface area contributed by atoms with E-state index in [1.807, 2.05) is 114 Å². The number of benzene rings is 3. The Morgan fingerprint density at radius 1 is 0.900 bits per heavy atom. The maximum Gasteiger partial charge on any atom is 0.255 e. The second-order valence-electron chi connectivity index (χ2n) is 7.20. The van der Waals surface area contributed by atoms with Gasteiger partial charge in [-0.1, -0.05) is 18.2 Å². The van der Waals surface area contributed by atoms with E-state index in [2.05, 4.69) is 10.3 Å². The van der Waals surface area contributed by atoms with Crippen LogP contribution in [0.4, 0.5) is 5.69 Å². The first-order chi connectivity index (χ1) is 14.7. The van der Waals surface area contributed by atoms with Crippen LogP contribution < -0.4 is 5.32 Å². The Kier molecular flexibility index (Phi) is 4.41. The van der Waals surface area contributed by atoms with Gasteiger partial charge >= 0.3 is 0 Å². The summed E-state index contributed by atoms with van der Waals surface area (Å²) in [5.41, 5.74) is 6.46. The van der Waals surface area contributed by atoms with Crippen molar-refractivity contribution >= 4 is 22.6 Å². The zero-order chi connectivity index (χ0) is 20.5. The van der Waals surface area contributed by atoms with Gasteiger partial charge in [-0.05, 0) is 73.2 Å². The smallest absolute Gasteiger partial charge is 0.255 e. The van der Waals surface area contributed by atoms with E-state index in [9.17, 15) is 4.79 Å². The maximum absolute atomic E-state index is 12.8. The highest BCUT2D eigenvalue weighted by Gasteiger charge is 2.10. The molecule has 2 aromatic heterocycles. The average Bonchev–Trinajstić information content (AvgIpc) is 3.45. The molecule has 3 aromatic carbocycles. The monoisotopic (exact) mass is 392 g/mol. The molecule has 2 heterocycles. The van der Waals surface area contributed by atoms with Crippen molar-refractivity contribution in [2.45, 2.75) is 6.92 Å². The third-order valence-corrected chi connectivity index (χ3v) is 5.21. The highest BCUT2D eigenvalue weighted by Crippen LogP contribution is 2.21. The van der Waals surface area contributed by atoms with Crippen LogP contribution in [-0.4, -0.2) is 20.0 Å². The lowest BCUT2D eigenvalue weighted by atomic mass is 10.1. The number of nitrogens with zero attached hydrogens (tertiary/aromatic N) is 3. The molecular weight excluding hydrogens is 372 g/mol. The van der Waals surface area contributed by atoms with Crippen molar-refractivity contribution in [1.82, 2.24) is 14.1 Å². The molecule has 0 aliphatic heterocycles. The predicted molar refractivity (Wildman–Crippen MR) is 120 cm³/mol. The minimum absolute atomic E-state index is 0.135. The number of aryl methyl sites for hydroxylation is 1. The molecule has 5 nitrogen and oxygen atoms in total. The Balaban J connectivity index is 1.38. The highest BCUT2D eigenvalue weighted by molar-refractivity contribution is 6.04. The van der Waals surface area contributed by atoms with Crippen molar-refractivity contribution in [3.05, 3.63) is 109 Å². The van der Waals surface area contributed by atoms with E-state index >= 15 is 0 Å². The van der Waals surface area contributed by atoms with Crippen LogP contribution in [-0.2, 0) is 0 Å². The fourth-order valence-electron chi connectivity index (χ4n) is 3.60. The van der Waals surface area contributed by atoms with Gasteiger partial charge < -0.3 is 9.88 Å². The molecule has 0 aliphatic rings. The molecule has 5 aromatic rings. The summed E-state index contributed by atoms with van der Waals surface area (Å²) < 4.78 is 4.04.